The largest absolute Gasteiger partial charge is 0.379 e. The summed E-state index contributed by atoms with van der Waals surface area (Å²) >= 11 is 5.86. The fraction of sp³-hybridized carbons (Fsp3) is 0.478. The number of rotatable bonds is 8. The van der Waals surface area contributed by atoms with Crippen LogP contribution in [0.4, 0.5) is 0 Å². The smallest absolute Gasteiger partial charge is 0.191 e. The third-order valence-corrected chi connectivity index (χ3v) is 5.40. The van der Waals surface area contributed by atoms with Gasteiger partial charge in [0.15, 0.2) is 5.96 Å². The van der Waals surface area contributed by atoms with Crippen molar-refractivity contribution in [1.29, 1.82) is 0 Å². The highest BCUT2D eigenvalue weighted by Gasteiger charge is 2.22. The van der Waals surface area contributed by atoms with Gasteiger partial charge in [-0.1, -0.05) is 47.5 Å². The number of hydrogen-bond acceptors (Lipinski definition) is 4. The van der Waals surface area contributed by atoms with Crippen LogP contribution in [-0.4, -0.2) is 61.8 Å². The summed E-state index contributed by atoms with van der Waals surface area (Å²) in [7, 11) is 0. The summed E-state index contributed by atoms with van der Waals surface area (Å²) in [6.45, 7) is 9.94. The van der Waals surface area contributed by atoms with Crippen molar-refractivity contribution < 1.29 is 4.74 Å². The number of aromatic nitrogens is 1. The van der Waals surface area contributed by atoms with Crippen molar-refractivity contribution in [3.05, 3.63) is 64.4 Å². The summed E-state index contributed by atoms with van der Waals surface area (Å²) in [4.78, 5) is 11.5. The standard InChI is InChI=1S/C23H32ClN5O.HI/c1-3-25-23(26-10-9-19-7-8-22(24)27-16-19)28-17-21(29-11-13-30-14-12-29)20-6-4-5-18(2)15-20;/h4-8,15-16,21H,3,9-14,17H2,1-2H3,(H2,25,26,28);1H. The van der Waals surface area contributed by atoms with E-state index in [0.29, 0.717) is 11.7 Å². The third kappa shape index (κ3) is 8.56. The number of pyridine rings is 1. The zero-order valence-corrected chi connectivity index (χ0v) is 21.4. The highest BCUT2D eigenvalue weighted by Crippen LogP contribution is 2.23. The first kappa shape index (κ1) is 25.8. The van der Waals surface area contributed by atoms with E-state index in [1.807, 2.05) is 18.3 Å². The van der Waals surface area contributed by atoms with E-state index in [-0.39, 0.29) is 30.0 Å². The Balaban J connectivity index is 0.00000341. The molecular weight excluding hydrogens is 525 g/mol. The van der Waals surface area contributed by atoms with Crippen LogP contribution in [0.15, 0.2) is 47.6 Å². The molecular formula is C23H33ClIN5O. The number of benzene rings is 1. The van der Waals surface area contributed by atoms with Crippen molar-refractivity contribution in [3.8, 4) is 0 Å². The highest BCUT2D eigenvalue weighted by molar-refractivity contribution is 14.0. The van der Waals surface area contributed by atoms with Crippen LogP contribution < -0.4 is 10.6 Å². The van der Waals surface area contributed by atoms with Gasteiger partial charge in [0, 0.05) is 32.4 Å². The normalized spacial score (nSPS) is 15.8. The molecule has 1 aliphatic rings. The van der Waals surface area contributed by atoms with Crippen LogP contribution in [0.1, 0.15) is 29.7 Å². The summed E-state index contributed by atoms with van der Waals surface area (Å²) in [6.07, 6.45) is 2.68. The lowest BCUT2D eigenvalue weighted by atomic mass is 10.0. The minimum absolute atomic E-state index is 0. The number of aliphatic imine (C=N–C) groups is 1. The number of halogens is 2. The zero-order chi connectivity index (χ0) is 21.2. The molecule has 1 aliphatic heterocycles. The maximum absolute atomic E-state index is 5.86. The lowest BCUT2D eigenvalue weighted by Crippen LogP contribution is -2.42. The van der Waals surface area contributed by atoms with Gasteiger partial charge in [-0.15, -0.1) is 24.0 Å². The number of morpholine rings is 1. The number of aryl methyl sites for hydroxylation is 1. The predicted octanol–water partition coefficient (Wildman–Crippen LogP) is 3.83. The maximum atomic E-state index is 5.86. The molecule has 6 nitrogen and oxygen atoms in total. The Bertz CT molecular complexity index is 812. The number of nitrogens with one attached hydrogen (secondary N) is 2. The summed E-state index contributed by atoms with van der Waals surface area (Å²) in [5.41, 5.74) is 3.73. The Morgan fingerprint density at radius 2 is 2.03 bits per heavy atom. The molecule has 8 heteroatoms. The molecule has 0 amide bonds. The lowest BCUT2D eigenvalue weighted by molar-refractivity contribution is 0.0179. The first-order chi connectivity index (χ1) is 14.7. The Labute approximate surface area is 207 Å². The second-order valence-electron chi connectivity index (χ2n) is 7.46. The summed E-state index contributed by atoms with van der Waals surface area (Å²) in [5.74, 6) is 0.838. The van der Waals surface area contributed by atoms with E-state index < -0.39 is 0 Å². The molecule has 0 bridgehead atoms. The van der Waals surface area contributed by atoms with Crippen molar-refractivity contribution in [2.24, 2.45) is 4.99 Å². The van der Waals surface area contributed by atoms with Crippen LogP contribution in [0.5, 0.6) is 0 Å². The molecule has 1 fully saturated rings. The van der Waals surface area contributed by atoms with Crippen LogP contribution in [-0.2, 0) is 11.2 Å². The van der Waals surface area contributed by atoms with Crippen LogP contribution >= 0.6 is 35.6 Å². The molecule has 1 aromatic carbocycles. The van der Waals surface area contributed by atoms with Crippen molar-refractivity contribution >= 4 is 41.5 Å². The monoisotopic (exact) mass is 557 g/mol. The van der Waals surface area contributed by atoms with Crippen LogP contribution in [0.25, 0.3) is 0 Å². The number of ether oxygens (including phenoxy) is 1. The van der Waals surface area contributed by atoms with Gasteiger partial charge in [-0.25, -0.2) is 4.98 Å². The van der Waals surface area contributed by atoms with Gasteiger partial charge in [-0.2, -0.15) is 0 Å². The van der Waals surface area contributed by atoms with Crippen molar-refractivity contribution in [2.75, 3.05) is 45.9 Å². The highest BCUT2D eigenvalue weighted by atomic mass is 127. The topological polar surface area (TPSA) is 61.8 Å². The average molecular weight is 558 g/mol. The van der Waals surface area contributed by atoms with Gasteiger partial charge in [0.25, 0.3) is 0 Å². The van der Waals surface area contributed by atoms with E-state index >= 15 is 0 Å². The molecule has 170 valence electrons. The average Bonchev–Trinajstić information content (AvgIpc) is 2.76. The number of nitrogens with zero attached hydrogens (tertiary/aromatic N) is 3. The maximum Gasteiger partial charge on any atom is 0.191 e. The molecule has 0 saturated carbocycles. The van der Waals surface area contributed by atoms with E-state index in [2.05, 4.69) is 58.6 Å². The molecule has 0 radical (unpaired) electrons. The third-order valence-electron chi connectivity index (χ3n) is 5.17. The molecule has 0 spiro atoms. The first-order valence-corrected chi connectivity index (χ1v) is 11.0. The molecule has 3 rings (SSSR count). The van der Waals surface area contributed by atoms with Gasteiger partial charge in [-0.3, -0.25) is 9.89 Å². The molecule has 1 unspecified atom stereocenters. The van der Waals surface area contributed by atoms with Crippen LogP contribution in [0.2, 0.25) is 5.15 Å². The number of hydrogen-bond donors (Lipinski definition) is 2. The minimum Gasteiger partial charge on any atom is -0.379 e. The quantitative estimate of drug-likeness (QED) is 0.224. The molecule has 0 aliphatic carbocycles. The molecule has 31 heavy (non-hydrogen) atoms. The number of guanidine groups is 1. The Hall–Kier alpha value is -1.42. The Morgan fingerprint density at radius 3 is 2.71 bits per heavy atom. The first-order valence-electron chi connectivity index (χ1n) is 10.7. The Kier molecular flexibility index (Phi) is 11.6. The minimum atomic E-state index is 0. The molecule has 2 N–H and O–H groups in total. The van der Waals surface area contributed by atoms with Crippen molar-refractivity contribution in [1.82, 2.24) is 20.5 Å². The SMILES string of the molecule is CCNC(=NCC(c1cccc(C)c1)N1CCOCC1)NCCc1ccc(Cl)nc1.I. The van der Waals surface area contributed by atoms with Gasteiger partial charge < -0.3 is 15.4 Å². The fourth-order valence-corrected chi connectivity index (χ4v) is 3.71. The van der Waals surface area contributed by atoms with Crippen LogP contribution in [0.3, 0.4) is 0 Å². The second kappa shape index (κ2) is 13.9. The van der Waals surface area contributed by atoms with Crippen molar-refractivity contribution in [3.63, 3.8) is 0 Å². The fourth-order valence-electron chi connectivity index (χ4n) is 3.60. The molecule has 1 aromatic heterocycles. The molecule has 2 heterocycles. The predicted molar refractivity (Wildman–Crippen MR) is 139 cm³/mol. The van der Waals surface area contributed by atoms with Crippen molar-refractivity contribution in [2.45, 2.75) is 26.3 Å². The van der Waals surface area contributed by atoms with Crippen LogP contribution in [0, 0.1) is 6.92 Å². The molecule has 2 aromatic rings. The zero-order valence-electron chi connectivity index (χ0n) is 18.3. The van der Waals surface area contributed by atoms with Gasteiger partial charge in [-0.05, 0) is 37.5 Å². The summed E-state index contributed by atoms with van der Waals surface area (Å²) < 4.78 is 5.56. The lowest BCUT2D eigenvalue weighted by Gasteiger charge is -2.34. The van der Waals surface area contributed by atoms with Gasteiger partial charge in [0.05, 0.1) is 25.8 Å². The van der Waals surface area contributed by atoms with Gasteiger partial charge in [0.2, 0.25) is 0 Å². The summed E-state index contributed by atoms with van der Waals surface area (Å²) in [5, 5.41) is 7.32. The van der Waals surface area contributed by atoms with E-state index in [4.69, 9.17) is 21.3 Å². The molecule has 1 saturated heterocycles. The van der Waals surface area contributed by atoms with Gasteiger partial charge >= 0.3 is 0 Å². The second-order valence-corrected chi connectivity index (χ2v) is 7.85. The van der Waals surface area contributed by atoms with E-state index in [1.165, 1.54) is 11.1 Å². The summed E-state index contributed by atoms with van der Waals surface area (Å²) in [6, 6.07) is 12.8. The molecule has 1 atom stereocenters. The van der Waals surface area contributed by atoms with Gasteiger partial charge in [0.1, 0.15) is 5.15 Å². The van der Waals surface area contributed by atoms with E-state index in [0.717, 1.165) is 57.3 Å². The Morgan fingerprint density at radius 1 is 1.23 bits per heavy atom. The van der Waals surface area contributed by atoms with E-state index in [9.17, 15) is 0 Å². The van der Waals surface area contributed by atoms with E-state index in [1.54, 1.807) is 0 Å².